The quantitative estimate of drug-likeness (QED) is 0.767. The van der Waals surface area contributed by atoms with E-state index in [2.05, 4.69) is 11.9 Å². The van der Waals surface area contributed by atoms with Crippen LogP contribution in [0.1, 0.15) is 70.6 Å². The molecule has 1 atom stereocenters. The van der Waals surface area contributed by atoms with Crippen LogP contribution >= 0.6 is 0 Å². The molecule has 24 heavy (non-hydrogen) atoms. The molecule has 0 aromatic rings. The van der Waals surface area contributed by atoms with Crippen LogP contribution in [0.3, 0.4) is 0 Å². The van der Waals surface area contributed by atoms with Crippen LogP contribution in [-0.4, -0.2) is 49.0 Å². The fraction of sp³-hybridized carbons (Fsp3) is 1.00. The molecule has 0 heterocycles. The van der Waals surface area contributed by atoms with E-state index in [1.54, 1.807) is 0 Å². The number of aliphatic hydroxyl groups excluding tert-OH is 1. The van der Waals surface area contributed by atoms with Gasteiger partial charge >= 0.3 is 0 Å². The molecule has 5 aliphatic carbocycles. The Bertz CT molecular complexity index is 383. The van der Waals surface area contributed by atoms with Crippen molar-refractivity contribution in [3.8, 4) is 0 Å². The Kier molecular flexibility index (Phi) is 5.22. The van der Waals surface area contributed by atoms with Crippen molar-refractivity contribution in [3.63, 3.8) is 0 Å². The molecule has 0 aliphatic heterocycles. The zero-order valence-corrected chi connectivity index (χ0v) is 15.6. The lowest BCUT2D eigenvalue weighted by Gasteiger charge is -2.56. The zero-order chi connectivity index (χ0) is 16.6. The summed E-state index contributed by atoms with van der Waals surface area (Å²) in [7, 11) is 2.18. The Hall–Kier alpha value is -0.120. The average molecular weight is 336 g/mol. The summed E-state index contributed by atoms with van der Waals surface area (Å²) >= 11 is 0. The highest BCUT2D eigenvalue weighted by atomic mass is 16.5. The molecule has 5 fully saturated rings. The first-order valence-electron chi connectivity index (χ1n) is 10.6. The minimum Gasteiger partial charge on any atom is -0.389 e. The standard InChI is InChI=1S/C21H37NO2/c1-22(19-5-3-2-4-6-19)13-20(23)14-24-15-21-10-16-7-17(11-21)9-18(8-16)12-21/h16-20,23H,2-15H2,1H3/t16?,17?,18?,20-,21?/m1/s1. The minimum atomic E-state index is -0.328. The summed E-state index contributed by atoms with van der Waals surface area (Å²) in [5, 5.41) is 10.4. The van der Waals surface area contributed by atoms with Gasteiger partial charge in [-0.3, -0.25) is 0 Å². The third kappa shape index (κ3) is 3.83. The molecule has 0 radical (unpaired) electrons. The van der Waals surface area contributed by atoms with Crippen molar-refractivity contribution in [2.45, 2.75) is 82.8 Å². The van der Waals surface area contributed by atoms with E-state index in [1.165, 1.54) is 70.6 Å². The van der Waals surface area contributed by atoms with E-state index < -0.39 is 0 Å². The number of likely N-dealkylation sites (N-methyl/N-ethyl adjacent to an activating group) is 1. The molecule has 5 saturated carbocycles. The summed E-state index contributed by atoms with van der Waals surface area (Å²) in [6, 6.07) is 0.677. The smallest absolute Gasteiger partial charge is 0.0900 e. The van der Waals surface area contributed by atoms with Gasteiger partial charge < -0.3 is 14.7 Å². The van der Waals surface area contributed by atoms with Crippen LogP contribution < -0.4 is 0 Å². The number of rotatable bonds is 7. The first-order chi connectivity index (χ1) is 11.6. The molecule has 3 heteroatoms. The highest BCUT2D eigenvalue weighted by Crippen LogP contribution is 2.60. The van der Waals surface area contributed by atoms with E-state index in [0.29, 0.717) is 18.1 Å². The lowest BCUT2D eigenvalue weighted by molar-refractivity contribution is -0.107. The van der Waals surface area contributed by atoms with Crippen LogP contribution in [0, 0.1) is 23.2 Å². The van der Waals surface area contributed by atoms with Crippen molar-refractivity contribution in [2.75, 3.05) is 26.8 Å². The third-order valence-electron chi connectivity index (χ3n) is 7.58. The molecule has 0 unspecified atom stereocenters. The van der Waals surface area contributed by atoms with Crippen LogP contribution in [-0.2, 0) is 4.74 Å². The predicted molar refractivity (Wildman–Crippen MR) is 96.9 cm³/mol. The van der Waals surface area contributed by atoms with Crippen molar-refractivity contribution < 1.29 is 9.84 Å². The van der Waals surface area contributed by atoms with Gasteiger partial charge in [0.2, 0.25) is 0 Å². The number of hydrogen-bond acceptors (Lipinski definition) is 3. The fourth-order valence-corrected chi connectivity index (χ4v) is 6.93. The first kappa shape index (κ1) is 17.3. The maximum absolute atomic E-state index is 10.4. The Morgan fingerprint density at radius 1 is 1.00 bits per heavy atom. The Morgan fingerprint density at radius 3 is 2.17 bits per heavy atom. The van der Waals surface area contributed by atoms with E-state index in [1.807, 2.05) is 0 Å². The summed E-state index contributed by atoms with van der Waals surface area (Å²) in [6.45, 7) is 2.20. The summed E-state index contributed by atoms with van der Waals surface area (Å²) in [5.74, 6) is 2.96. The van der Waals surface area contributed by atoms with E-state index in [-0.39, 0.29) is 6.10 Å². The molecule has 5 aliphatic rings. The van der Waals surface area contributed by atoms with E-state index in [4.69, 9.17) is 4.74 Å². The van der Waals surface area contributed by atoms with Crippen molar-refractivity contribution in [2.24, 2.45) is 23.2 Å². The van der Waals surface area contributed by atoms with Gasteiger partial charge in [-0.05, 0) is 81.6 Å². The van der Waals surface area contributed by atoms with Gasteiger partial charge in [0, 0.05) is 12.6 Å². The summed E-state index contributed by atoms with van der Waals surface area (Å²) in [5.41, 5.74) is 0.476. The van der Waals surface area contributed by atoms with Gasteiger partial charge in [-0.2, -0.15) is 0 Å². The number of ether oxygens (including phenoxy) is 1. The van der Waals surface area contributed by atoms with Gasteiger partial charge in [-0.15, -0.1) is 0 Å². The molecule has 0 saturated heterocycles. The maximum atomic E-state index is 10.4. The maximum Gasteiger partial charge on any atom is 0.0900 e. The zero-order valence-electron chi connectivity index (χ0n) is 15.6. The van der Waals surface area contributed by atoms with Crippen LogP contribution in [0.4, 0.5) is 0 Å². The summed E-state index contributed by atoms with van der Waals surface area (Å²) < 4.78 is 6.09. The predicted octanol–water partition coefficient (Wildman–Crippen LogP) is 3.84. The van der Waals surface area contributed by atoms with E-state index >= 15 is 0 Å². The second kappa shape index (κ2) is 7.25. The van der Waals surface area contributed by atoms with Crippen molar-refractivity contribution >= 4 is 0 Å². The van der Waals surface area contributed by atoms with E-state index in [9.17, 15) is 5.11 Å². The first-order valence-corrected chi connectivity index (χ1v) is 10.6. The topological polar surface area (TPSA) is 32.7 Å². The molecular formula is C21H37NO2. The molecule has 0 aromatic heterocycles. The van der Waals surface area contributed by atoms with Crippen LogP contribution in [0.2, 0.25) is 0 Å². The molecule has 0 amide bonds. The van der Waals surface area contributed by atoms with E-state index in [0.717, 1.165) is 30.9 Å². The normalized spacial score (nSPS) is 40.4. The van der Waals surface area contributed by atoms with Crippen LogP contribution in [0.25, 0.3) is 0 Å². The highest BCUT2D eigenvalue weighted by Gasteiger charge is 2.50. The Balaban J connectivity index is 1.20. The van der Waals surface area contributed by atoms with Crippen molar-refractivity contribution in [1.29, 1.82) is 0 Å². The Morgan fingerprint density at radius 2 is 1.58 bits per heavy atom. The molecule has 1 N–H and O–H groups in total. The average Bonchev–Trinajstić information content (AvgIpc) is 2.54. The van der Waals surface area contributed by atoms with Gasteiger partial charge in [0.25, 0.3) is 0 Å². The lowest BCUT2D eigenvalue weighted by atomic mass is 9.50. The van der Waals surface area contributed by atoms with Gasteiger partial charge in [-0.25, -0.2) is 0 Å². The third-order valence-corrected chi connectivity index (χ3v) is 7.58. The SMILES string of the molecule is CN(C[C@@H](O)COCC12CC3CC(CC(C3)C1)C2)C1CCCCC1. The van der Waals surface area contributed by atoms with Crippen molar-refractivity contribution in [3.05, 3.63) is 0 Å². The molecular weight excluding hydrogens is 298 g/mol. The fourth-order valence-electron chi connectivity index (χ4n) is 6.93. The Labute approximate surface area is 148 Å². The summed E-state index contributed by atoms with van der Waals surface area (Å²) in [6.07, 6.45) is 15.1. The largest absolute Gasteiger partial charge is 0.389 e. The molecule has 4 bridgehead atoms. The lowest BCUT2D eigenvalue weighted by Crippen LogP contribution is -2.48. The van der Waals surface area contributed by atoms with Crippen molar-refractivity contribution in [1.82, 2.24) is 4.90 Å². The molecule has 3 nitrogen and oxygen atoms in total. The second-order valence-electron chi connectivity index (χ2n) is 9.82. The number of hydrogen-bond donors (Lipinski definition) is 1. The van der Waals surface area contributed by atoms with Gasteiger partial charge in [0.15, 0.2) is 0 Å². The minimum absolute atomic E-state index is 0.328. The monoisotopic (exact) mass is 335 g/mol. The second-order valence-corrected chi connectivity index (χ2v) is 9.82. The van der Waals surface area contributed by atoms with Crippen LogP contribution in [0.5, 0.6) is 0 Å². The molecule has 0 aromatic carbocycles. The molecule has 0 spiro atoms. The van der Waals surface area contributed by atoms with Gasteiger partial charge in [0.05, 0.1) is 19.3 Å². The van der Waals surface area contributed by atoms with Crippen LogP contribution in [0.15, 0.2) is 0 Å². The number of aliphatic hydroxyl groups is 1. The molecule has 5 rings (SSSR count). The number of nitrogens with zero attached hydrogens (tertiary/aromatic N) is 1. The molecule has 138 valence electrons. The highest BCUT2D eigenvalue weighted by molar-refractivity contribution is 5.01. The van der Waals surface area contributed by atoms with Gasteiger partial charge in [-0.1, -0.05) is 19.3 Å². The van der Waals surface area contributed by atoms with Gasteiger partial charge in [0.1, 0.15) is 0 Å². The summed E-state index contributed by atoms with van der Waals surface area (Å²) in [4.78, 5) is 2.37.